The maximum atomic E-state index is 5.93. The van der Waals surface area contributed by atoms with Gasteiger partial charge < -0.3 is 0 Å². The van der Waals surface area contributed by atoms with E-state index in [0.717, 1.165) is 11.8 Å². The molecule has 0 N–H and O–H groups in total. The minimum absolute atomic E-state index is 0.681. The van der Waals surface area contributed by atoms with Crippen LogP contribution in [0, 0.1) is 0 Å². The summed E-state index contributed by atoms with van der Waals surface area (Å²) in [7, 11) is -0.143. The fourth-order valence-electron chi connectivity index (χ4n) is 2.45. The Labute approximate surface area is 134 Å². The molecule has 0 radical (unpaired) electrons. The van der Waals surface area contributed by atoms with Crippen LogP contribution in [0.3, 0.4) is 0 Å². The van der Waals surface area contributed by atoms with Crippen LogP contribution >= 0.6 is 8.95 Å². The molecule has 0 bridgehead atoms. The van der Waals surface area contributed by atoms with Crippen molar-refractivity contribution < 1.29 is 13.3 Å². The van der Waals surface area contributed by atoms with Crippen LogP contribution in [0.25, 0.3) is 0 Å². The summed E-state index contributed by atoms with van der Waals surface area (Å²) in [6.07, 6.45) is 0. The van der Waals surface area contributed by atoms with E-state index >= 15 is 0 Å². The Morgan fingerprint density at radius 3 is 1.45 bits per heavy atom. The zero-order valence-corrected chi connectivity index (χ0v) is 19.0. The SMILES string of the molecule is CCO[Si](CC[S][Sn]([CH2]C)([CH2]C)[CH2]C)(OCC)OCC. The van der Waals surface area contributed by atoms with Crippen molar-refractivity contribution in [3.63, 3.8) is 0 Å². The first-order valence-electron chi connectivity index (χ1n) is 8.13. The van der Waals surface area contributed by atoms with Gasteiger partial charge in [-0.2, -0.15) is 0 Å². The standard InChI is InChI=1S/C8H20O3SSi.3C2H5.Sn/c1-4-9-13(8-7-12,10-5-2)11-6-3;3*1-2;/h12H,4-8H2,1-3H3;3*1H2,2H3;/q;;;;+1/p-1. The average molecular weight is 429 g/mol. The molecule has 6 heteroatoms. The molecule has 0 saturated carbocycles. The van der Waals surface area contributed by atoms with Gasteiger partial charge in [-0.15, -0.1) is 0 Å². The Bertz CT molecular complexity index is 215. The Hall–Kier alpha value is 1.25. The summed E-state index contributed by atoms with van der Waals surface area (Å²) in [5.41, 5.74) is 0. The molecule has 0 saturated heterocycles. The van der Waals surface area contributed by atoms with E-state index in [2.05, 4.69) is 29.7 Å². The van der Waals surface area contributed by atoms with E-state index in [1.807, 2.05) is 20.8 Å². The average Bonchev–Trinajstić information content (AvgIpc) is 2.45. The fraction of sp³-hybridized carbons (Fsp3) is 1.00. The van der Waals surface area contributed by atoms with E-state index in [0.29, 0.717) is 19.8 Å². The van der Waals surface area contributed by atoms with Crippen molar-refractivity contribution in [2.75, 3.05) is 25.6 Å². The second-order valence-corrected chi connectivity index (χ2v) is 29.3. The third kappa shape index (κ3) is 7.00. The van der Waals surface area contributed by atoms with Gasteiger partial charge in [-0.1, -0.05) is 0 Å². The van der Waals surface area contributed by atoms with Crippen LogP contribution in [0.15, 0.2) is 0 Å². The molecule has 0 aromatic heterocycles. The Morgan fingerprint density at radius 2 is 1.15 bits per heavy atom. The molecule has 122 valence electrons. The molecule has 0 aliphatic carbocycles. The van der Waals surface area contributed by atoms with E-state index in [4.69, 9.17) is 13.3 Å². The van der Waals surface area contributed by atoms with Gasteiger partial charge in [0, 0.05) is 0 Å². The first kappa shape index (κ1) is 21.2. The molecular formula is C14H34O3SSiSn. The molecule has 0 aliphatic heterocycles. The van der Waals surface area contributed by atoms with E-state index in [9.17, 15) is 0 Å². The number of rotatable bonds is 13. The molecule has 0 heterocycles. The second kappa shape index (κ2) is 11.8. The van der Waals surface area contributed by atoms with Crippen molar-refractivity contribution in [2.24, 2.45) is 0 Å². The quantitative estimate of drug-likeness (QED) is 0.394. The Kier molecular flexibility index (Phi) is 12.5. The van der Waals surface area contributed by atoms with Gasteiger partial charge in [0.2, 0.25) is 0 Å². The van der Waals surface area contributed by atoms with Crippen LogP contribution in [0.2, 0.25) is 19.4 Å². The molecule has 0 aliphatic rings. The van der Waals surface area contributed by atoms with E-state index in [1.165, 1.54) is 13.3 Å². The molecule has 0 amide bonds. The minimum atomic E-state index is -2.42. The third-order valence-electron chi connectivity index (χ3n) is 3.84. The Morgan fingerprint density at radius 1 is 0.750 bits per heavy atom. The van der Waals surface area contributed by atoms with Crippen LogP contribution in [0.4, 0.5) is 0 Å². The predicted molar refractivity (Wildman–Crippen MR) is 95.1 cm³/mol. The summed E-state index contributed by atoms with van der Waals surface area (Å²) in [5, 5.41) is 0. The summed E-state index contributed by atoms with van der Waals surface area (Å²) in [6.45, 7) is 15.3. The summed E-state index contributed by atoms with van der Waals surface area (Å²) >= 11 is -1.89. The van der Waals surface area contributed by atoms with Gasteiger partial charge >= 0.3 is 134 Å². The van der Waals surface area contributed by atoms with Crippen molar-refractivity contribution in [3.8, 4) is 0 Å². The summed E-state index contributed by atoms with van der Waals surface area (Å²) < 4.78 is 22.1. The normalized spacial score (nSPS) is 12.9. The monoisotopic (exact) mass is 430 g/mol. The van der Waals surface area contributed by atoms with Gasteiger partial charge in [0.25, 0.3) is 0 Å². The van der Waals surface area contributed by atoms with Crippen molar-refractivity contribution in [1.29, 1.82) is 0 Å². The van der Waals surface area contributed by atoms with Gasteiger partial charge in [-0.25, -0.2) is 0 Å². The first-order chi connectivity index (χ1) is 9.57. The van der Waals surface area contributed by atoms with Crippen molar-refractivity contribution in [1.82, 2.24) is 0 Å². The van der Waals surface area contributed by atoms with Gasteiger partial charge in [0.05, 0.1) is 0 Å². The molecule has 0 aromatic rings. The summed E-state index contributed by atoms with van der Waals surface area (Å²) in [4.78, 5) is 0. The van der Waals surface area contributed by atoms with Gasteiger partial charge in [0.15, 0.2) is 0 Å². The molecule has 20 heavy (non-hydrogen) atoms. The summed E-state index contributed by atoms with van der Waals surface area (Å²) in [6, 6.07) is 0.964. The van der Waals surface area contributed by atoms with E-state index in [-0.39, 0.29) is 0 Å². The van der Waals surface area contributed by atoms with Gasteiger partial charge in [-0.05, 0) is 0 Å². The molecule has 0 aromatic carbocycles. The first-order valence-corrected chi connectivity index (χ1v) is 20.6. The number of hydrogen-bond acceptors (Lipinski definition) is 4. The Balaban J connectivity index is 4.58. The fourth-order valence-corrected chi connectivity index (χ4v) is 22.8. The van der Waals surface area contributed by atoms with Crippen LogP contribution in [0.1, 0.15) is 41.5 Å². The van der Waals surface area contributed by atoms with Crippen LogP contribution in [-0.4, -0.2) is 51.4 Å². The van der Waals surface area contributed by atoms with Crippen LogP contribution in [-0.2, 0) is 13.3 Å². The maximum absolute atomic E-state index is 5.93. The van der Waals surface area contributed by atoms with Gasteiger partial charge in [-0.3, -0.25) is 0 Å². The zero-order chi connectivity index (χ0) is 15.5. The van der Waals surface area contributed by atoms with Crippen LogP contribution < -0.4 is 0 Å². The van der Waals surface area contributed by atoms with E-state index < -0.39 is 25.8 Å². The number of hydrogen-bond donors (Lipinski definition) is 0. The predicted octanol–water partition coefficient (Wildman–Crippen LogP) is 4.77. The van der Waals surface area contributed by atoms with Crippen molar-refractivity contribution in [2.45, 2.75) is 60.9 Å². The van der Waals surface area contributed by atoms with Crippen molar-refractivity contribution in [3.05, 3.63) is 0 Å². The van der Waals surface area contributed by atoms with Gasteiger partial charge in [0.1, 0.15) is 0 Å². The molecular weight excluding hydrogens is 395 g/mol. The second-order valence-electron chi connectivity index (χ2n) is 4.82. The third-order valence-corrected chi connectivity index (χ3v) is 32.1. The molecule has 0 fully saturated rings. The molecule has 0 spiro atoms. The summed E-state index contributed by atoms with van der Waals surface area (Å²) in [5.74, 6) is 1.15. The molecule has 0 rings (SSSR count). The molecule has 3 nitrogen and oxygen atoms in total. The zero-order valence-electron chi connectivity index (χ0n) is 14.3. The van der Waals surface area contributed by atoms with Crippen molar-refractivity contribution >= 4 is 34.7 Å². The molecule has 0 atom stereocenters. The molecule has 0 unspecified atom stereocenters. The van der Waals surface area contributed by atoms with Crippen LogP contribution in [0.5, 0.6) is 0 Å². The van der Waals surface area contributed by atoms with E-state index in [1.54, 1.807) is 0 Å². The topological polar surface area (TPSA) is 27.7 Å².